The fourth-order valence-electron chi connectivity index (χ4n) is 3.24. The van der Waals surface area contributed by atoms with E-state index in [1.165, 1.54) is 0 Å². The van der Waals surface area contributed by atoms with Crippen molar-refractivity contribution in [3.8, 4) is 74.1 Å². The molecule has 3 aliphatic rings. The lowest BCUT2D eigenvalue weighted by atomic mass is 9.86. The molecule has 6 N–H and O–H groups in total. The van der Waals surface area contributed by atoms with Crippen molar-refractivity contribution in [1.29, 1.82) is 0 Å². The van der Waals surface area contributed by atoms with Gasteiger partial charge in [0.05, 0.1) is 0 Å². The minimum absolute atomic E-state index is 1.13. The summed E-state index contributed by atoms with van der Waals surface area (Å²) in [5, 5.41) is 54.7. The third kappa shape index (κ3) is 5.44. The molecule has 0 saturated heterocycles. The molecule has 6 nitrogen and oxygen atoms in total. The summed E-state index contributed by atoms with van der Waals surface area (Å²) in [5.41, 5.74) is -21.1. The second kappa shape index (κ2) is 13.1. The minimum atomic E-state index is -3.52. The highest BCUT2D eigenvalue weighted by atomic mass is 19.2. The molecule has 252 valence electrons. The molecule has 0 aromatic rings. The Balaban J connectivity index is 0.000000360. The molecule has 3 aliphatic carbocycles. The predicted octanol–water partition coefficient (Wildman–Crippen LogP) is 3.09. The van der Waals surface area contributed by atoms with E-state index in [1.54, 1.807) is 0 Å². The molecule has 0 aliphatic heterocycles. The van der Waals surface area contributed by atoms with E-state index in [2.05, 4.69) is 38.5 Å². The van der Waals surface area contributed by atoms with Gasteiger partial charge in [-0.2, -0.15) is 0 Å². The van der Waals surface area contributed by atoms with E-state index in [0.29, 0.717) is 0 Å². The Morgan fingerprint density at radius 2 is 0.312 bits per heavy atom. The largest absolute Gasteiger partial charge is 0.366 e. The molecule has 3 rings (SSSR count). The number of rotatable bonds is 0. The third-order valence-corrected chi connectivity index (χ3v) is 6.22. The summed E-state index contributed by atoms with van der Waals surface area (Å²) in [7, 11) is 0. The van der Waals surface area contributed by atoms with Gasteiger partial charge in [-0.3, -0.25) is 0 Å². The van der Waals surface area contributed by atoms with Crippen LogP contribution in [-0.4, -0.2) is 64.2 Å². The molecule has 0 heterocycles. The topological polar surface area (TPSA) is 121 Å². The quantitative estimate of drug-likeness (QED) is 0.171. The zero-order valence-corrected chi connectivity index (χ0v) is 22.7. The summed E-state index contributed by atoms with van der Waals surface area (Å²) in [5.74, 6) is -20.3. The van der Waals surface area contributed by atoms with Gasteiger partial charge in [-0.1, -0.05) is 35.5 Å². The summed E-state index contributed by atoms with van der Waals surface area (Å²) in [4.78, 5) is 0. The van der Waals surface area contributed by atoms with Crippen LogP contribution in [0.4, 0.5) is 52.7 Å². The first-order valence-electron chi connectivity index (χ1n) is 11.3. The van der Waals surface area contributed by atoms with Crippen LogP contribution in [0, 0.1) is 74.1 Å². The average Bonchev–Trinajstić information content (AvgIpc) is 3.10. The van der Waals surface area contributed by atoms with Gasteiger partial charge in [-0.25, -0.2) is 52.7 Å². The lowest BCUT2D eigenvalue weighted by Gasteiger charge is -2.30. The van der Waals surface area contributed by atoms with E-state index >= 15 is 0 Å². The van der Waals surface area contributed by atoms with Crippen LogP contribution < -0.4 is 0 Å². The molecule has 0 unspecified atom stereocenters. The van der Waals surface area contributed by atoms with E-state index in [4.69, 9.17) is 30.6 Å². The smallest absolute Gasteiger partial charge is 0.235 e. The minimum Gasteiger partial charge on any atom is -0.366 e. The first-order chi connectivity index (χ1) is 21.8. The highest BCUT2D eigenvalue weighted by molar-refractivity contribution is 5.55. The standard InChI is InChI=1S/3C10H4F4O2/c3*1-3-9(15)5(11)7(13)10(16,4-2)8(14)6(9)12/h3*1-2,15-16H. The summed E-state index contributed by atoms with van der Waals surface area (Å²) in [6.45, 7) is 0. The second-order valence-electron chi connectivity index (χ2n) is 8.90. The summed E-state index contributed by atoms with van der Waals surface area (Å²) in [6, 6.07) is 0. The Bertz CT molecular complexity index is 1480. The first kappa shape index (κ1) is 40.7. The van der Waals surface area contributed by atoms with Crippen LogP contribution in [0.5, 0.6) is 0 Å². The van der Waals surface area contributed by atoms with Crippen molar-refractivity contribution in [2.75, 3.05) is 0 Å². The fourth-order valence-corrected chi connectivity index (χ4v) is 3.24. The maximum atomic E-state index is 13.1. The molecule has 18 heteroatoms. The monoisotopic (exact) mass is 696 g/mol. The van der Waals surface area contributed by atoms with Crippen LogP contribution in [0.2, 0.25) is 0 Å². The van der Waals surface area contributed by atoms with Gasteiger partial charge in [0.15, 0.2) is 69.9 Å². The van der Waals surface area contributed by atoms with Gasteiger partial charge >= 0.3 is 0 Å². The molecule has 0 bridgehead atoms. The molecule has 0 radical (unpaired) electrons. The average molecular weight is 696 g/mol. The van der Waals surface area contributed by atoms with Crippen LogP contribution in [-0.2, 0) is 0 Å². The number of aliphatic hydroxyl groups is 6. The maximum Gasteiger partial charge on any atom is 0.235 e. The van der Waals surface area contributed by atoms with Crippen molar-refractivity contribution < 1.29 is 83.3 Å². The molecule has 0 atom stereocenters. The zero-order valence-electron chi connectivity index (χ0n) is 22.7. The number of halogens is 12. The van der Waals surface area contributed by atoms with Crippen molar-refractivity contribution in [3.63, 3.8) is 0 Å². The summed E-state index contributed by atoms with van der Waals surface area (Å²) >= 11 is 0. The van der Waals surface area contributed by atoms with Gasteiger partial charge in [0, 0.05) is 0 Å². The SMILES string of the molecule is C#CC1(O)C(F)=C(F)C(O)(C#C)C(F)=C1F.C#CC1(O)C(F)=C(F)C(O)(C#C)C(F)=C1F.C#CC1(O)C(F)=C(F)C(O)(C#C)C(F)=C1F. The Hall–Kier alpha value is -5.28. The highest BCUT2D eigenvalue weighted by Crippen LogP contribution is 2.48. The van der Waals surface area contributed by atoms with Gasteiger partial charge < -0.3 is 30.6 Å². The van der Waals surface area contributed by atoms with Gasteiger partial charge in [0.25, 0.3) is 0 Å². The predicted molar refractivity (Wildman–Crippen MR) is 138 cm³/mol. The number of hydrogen-bond donors (Lipinski definition) is 6. The zero-order chi connectivity index (χ0) is 38.2. The van der Waals surface area contributed by atoms with E-state index in [0.717, 1.165) is 35.5 Å². The van der Waals surface area contributed by atoms with Crippen LogP contribution in [0.1, 0.15) is 0 Å². The van der Waals surface area contributed by atoms with Crippen molar-refractivity contribution in [2.45, 2.75) is 33.6 Å². The summed E-state index contributed by atoms with van der Waals surface area (Å²) < 4.78 is 158. The van der Waals surface area contributed by atoms with Gasteiger partial charge in [0.2, 0.25) is 33.6 Å². The molecule has 0 aromatic carbocycles. The Morgan fingerprint density at radius 1 is 0.250 bits per heavy atom. The van der Waals surface area contributed by atoms with Crippen LogP contribution in [0.3, 0.4) is 0 Å². The lowest BCUT2D eigenvalue weighted by molar-refractivity contribution is 0.0553. The Labute approximate surface area is 261 Å². The van der Waals surface area contributed by atoms with Crippen LogP contribution in [0.25, 0.3) is 0 Å². The molecule has 0 spiro atoms. The van der Waals surface area contributed by atoms with E-state index in [1.807, 2.05) is 0 Å². The van der Waals surface area contributed by atoms with E-state index < -0.39 is 104 Å². The summed E-state index contributed by atoms with van der Waals surface area (Å²) in [6.07, 6.45) is 27.3. The van der Waals surface area contributed by atoms with Crippen molar-refractivity contribution in [2.24, 2.45) is 0 Å². The highest BCUT2D eigenvalue weighted by Gasteiger charge is 2.57. The maximum absolute atomic E-state index is 13.1. The van der Waals surface area contributed by atoms with Gasteiger partial charge in [-0.15, -0.1) is 38.5 Å². The first-order valence-corrected chi connectivity index (χ1v) is 11.3. The number of terminal acetylenes is 6. The molecular weight excluding hydrogens is 684 g/mol. The van der Waals surface area contributed by atoms with E-state index in [9.17, 15) is 52.7 Å². The van der Waals surface area contributed by atoms with Crippen LogP contribution >= 0.6 is 0 Å². The molecule has 0 saturated carbocycles. The molecule has 0 fully saturated rings. The molecule has 48 heavy (non-hydrogen) atoms. The van der Waals surface area contributed by atoms with Crippen LogP contribution in [0.15, 0.2) is 69.9 Å². The molecule has 0 aromatic heterocycles. The fraction of sp³-hybridized carbons (Fsp3) is 0.200. The lowest BCUT2D eigenvalue weighted by Crippen LogP contribution is -2.42. The Morgan fingerprint density at radius 3 is 0.354 bits per heavy atom. The second-order valence-corrected chi connectivity index (χ2v) is 8.90. The molecular formula is C30H12F12O6. The molecule has 0 amide bonds. The van der Waals surface area contributed by atoms with Gasteiger partial charge in [0.1, 0.15) is 0 Å². The Kier molecular flexibility index (Phi) is 11.1. The van der Waals surface area contributed by atoms with Crippen molar-refractivity contribution in [3.05, 3.63) is 69.9 Å². The van der Waals surface area contributed by atoms with E-state index in [-0.39, 0.29) is 0 Å². The van der Waals surface area contributed by atoms with Crippen molar-refractivity contribution in [1.82, 2.24) is 0 Å². The normalized spacial score (nSPS) is 34.8. The van der Waals surface area contributed by atoms with Gasteiger partial charge in [-0.05, 0) is 0 Å². The van der Waals surface area contributed by atoms with Crippen molar-refractivity contribution >= 4 is 0 Å². The third-order valence-electron chi connectivity index (χ3n) is 6.22. The number of hydrogen-bond acceptors (Lipinski definition) is 6.